The second kappa shape index (κ2) is 7.75. The summed E-state index contributed by atoms with van der Waals surface area (Å²) in [6.45, 7) is 5.91. The molecule has 0 saturated carbocycles. The molecule has 0 N–H and O–H groups in total. The predicted octanol–water partition coefficient (Wildman–Crippen LogP) is 2.64. The highest BCUT2D eigenvalue weighted by Crippen LogP contribution is 2.41. The van der Waals surface area contributed by atoms with Crippen molar-refractivity contribution in [2.45, 2.75) is 19.4 Å². The van der Waals surface area contributed by atoms with Crippen molar-refractivity contribution in [3.05, 3.63) is 45.5 Å². The van der Waals surface area contributed by atoms with Crippen molar-refractivity contribution >= 4 is 33.2 Å². The Morgan fingerprint density at radius 1 is 1.37 bits per heavy atom. The fraction of sp³-hybridized carbons (Fsp3) is 0.529. The Kier molecular flexibility index (Phi) is 5.76. The van der Waals surface area contributed by atoms with Crippen LogP contribution in [0.4, 0.5) is 11.4 Å². The average molecular weight is 415 g/mol. The van der Waals surface area contributed by atoms with Gasteiger partial charge in [-0.15, -0.1) is 6.58 Å². The number of fused-ring (bicyclic) bond motifs is 1. The molecule has 0 amide bonds. The Labute approximate surface area is 164 Å². The molecule has 1 saturated heterocycles. The number of likely N-dealkylation sites (tertiary alicyclic amines) is 1. The first-order valence-corrected chi connectivity index (χ1v) is 10.6. The minimum atomic E-state index is -3.89. The summed E-state index contributed by atoms with van der Waals surface area (Å²) in [6.07, 6.45) is 3.28. The largest absolute Gasteiger partial charge is 0.306 e. The molecule has 0 bridgehead atoms. The highest BCUT2D eigenvalue weighted by Gasteiger charge is 2.41. The van der Waals surface area contributed by atoms with E-state index in [1.807, 2.05) is 0 Å². The van der Waals surface area contributed by atoms with Gasteiger partial charge in [0.2, 0.25) is 0 Å². The first-order chi connectivity index (χ1) is 12.7. The molecule has 2 aliphatic rings. The lowest BCUT2D eigenvalue weighted by Gasteiger charge is -2.39. The average Bonchev–Trinajstić information content (AvgIpc) is 2.60. The third kappa shape index (κ3) is 3.96. The van der Waals surface area contributed by atoms with E-state index in [2.05, 4.69) is 18.5 Å². The van der Waals surface area contributed by atoms with Crippen LogP contribution in [0, 0.1) is 16.0 Å². The van der Waals surface area contributed by atoms with E-state index in [1.54, 1.807) is 6.07 Å². The number of hydrogen-bond donors (Lipinski definition) is 0. The molecule has 0 atom stereocenters. The van der Waals surface area contributed by atoms with Gasteiger partial charge < -0.3 is 4.90 Å². The lowest BCUT2D eigenvalue weighted by molar-refractivity contribution is -0.384. The van der Waals surface area contributed by atoms with Crippen molar-refractivity contribution in [2.24, 2.45) is 5.92 Å². The fourth-order valence-corrected chi connectivity index (χ4v) is 5.66. The predicted molar refractivity (Wildman–Crippen MR) is 105 cm³/mol. The maximum absolute atomic E-state index is 13.2. The molecule has 27 heavy (non-hydrogen) atoms. The van der Waals surface area contributed by atoms with Crippen LogP contribution < -0.4 is 4.31 Å². The minimum Gasteiger partial charge on any atom is -0.306 e. The molecule has 8 nitrogen and oxygen atoms in total. The van der Waals surface area contributed by atoms with Gasteiger partial charge in [0.05, 0.1) is 11.5 Å². The fourth-order valence-electron chi connectivity index (χ4n) is 3.71. The van der Waals surface area contributed by atoms with Crippen LogP contribution in [0.15, 0.2) is 24.8 Å². The molecule has 148 valence electrons. The summed E-state index contributed by atoms with van der Waals surface area (Å²) in [5.41, 5.74) is 0.324. The molecule has 0 aliphatic carbocycles. The second-order valence-corrected chi connectivity index (χ2v) is 9.35. The molecule has 0 radical (unpaired) electrons. The Bertz CT molecular complexity index is 853. The summed E-state index contributed by atoms with van der Waals surface area (Å²) in [4.78, 5) is 13.1. The van der Waals surface area contributed by atoms with Gasteiger partial charge in [0.15, 0.2) is 0 Å². The molecule has 1 aromatic carbocycles. The van der Waals surface area contributed by atoms with Gasteiger partial charge in [-0.1, -0.05) is 17.7 Å². The monoisotopic (exact) mass is 414 g/mol. The van der Waals surface area contributed by atoms with Crippen molar-refractivity contribution in [2.75, 3.05) is 37.5 Å². The molecule has 0 aromatic heterocycles. The van der Waals surface area contributed by atoms with Gasteiger partial charge in [0.1, 0.15) is 5.69 Å². The van der Waals surface area contributed by atoms with E-state index in [0.717, 1.165) is 30.2 Å². The van der Waals surface area contributed by atoms with Gasteiger partial charge >= 0.3 is 10.2 Å². The Morgan fingerprint density at radius 3 is 2.63 bits per heavy atom. The number of nitro benzene ring substituents is 1. The number of hydrogen-bond acceptors (Lipinski definition) is 5. The summed E-state index contributed by atoms with van der Waals surface area (Å²) in [5, 5.41) is 11.7. The van der Waals surface area contributed by atoms with Crippen molar-refractivity contribution < 1.29 is 13.3 Å². The number of benzene rings is 1. The third-order valence-electron chi connectivity index (χ3n) is 5.13. The van der Waals surface area contributed by atoms with Crippen LogP contribution in [0.3, 0.4) is 0 Å². The second-order valence-electron chi connectivity index (χ2n) is 7.06. The summed E-state index contributed by atoms with van der Waals surface area (Å²) in [5.74, 6) is 0.261. The summed E-state index contributed by atoms with van der Waals surface area (Å²) < 4.78 is 28.9. The highest BCUT2D eigenvalue weighted by molar-refractivity contribution is 7.90. The first kappa shape index (κ1) is 20.1. The summed E-state index contributed by atoms with van der Waals surface area (Å²) >= 11 is 6.06. The lowest BCUT2D eigenvalue weighted by atomic mass is 9.97. The number of piperidine rings is 1. The summed E-state index contributed by atoms with van der Waals surface area (Å²) in [6, 6.07) is 2.80. The minimum absolute atomic E-state index is 0.0400. The topological polar surface area (TPSA) is 87.0 Å². The normalized spacial score (nSPS) is 21.0. The van der Waals surface area contributed by atoms with E-state index in [0.29, 0.717) is 12.1 Å². The zero-order valence-electron chi connectivity index (χ0n) is 15.2. The number of nitrogens with zero attached hydrogens (tertiary/aromatic N) is 4. The number of anilines is 1. The van der Waals surface area contributed by atoms with Crippen molar-refractivity contribution in [3.8, 4) is 0 Å². The molecular weight excluding hydrogens is 392 g/mol. The maximum atomic E-state index is 13.2. The maximum Gasteiger partial charge on any atom is 0.304 e. The van der Waals surface area contributed by atoms with Crippen molar-refractivity contribution in [1.29, 1.82) is 0 Å². The Balaban J connectivity index is 2.01. The van der Waals surface area contributed by atoms with Gasteiger partial charge in [-0.05, 0) is 45.0 Å². The first-order valence-electron chi connectivity index (χ1n) is 8.78. The molecule has 0 spiro atoms. The molecular formula is C17H23ClN4O4S. The summed E-state index contributed by atoms with van der Waals surface area (Å²) in [7, 11) is -1.83. The zero-order valence-corrected chi connectivity index (χ0v) is 16.7. The van der Waals surface area contributed by atoms with Crippen LogP contribution >= 0.6 is 11.6 Å². The highest BCUT2D eigenvalue weighted by atomic mass is 35.5. The van der Waals surface area contributed by atoms with E-state index in [4.69, 9.17) is 11.6 Å². The smallest absolute Gasteiger partial charge is 0.304 e. The van der Waals surface area contributed by atoms with E-state index >= 15 is 0 Å². The van der Waals surface area contributed by atoms with Gasteiger partial charge in [-0.3, -0.25) is 10.1 Å². The Hall–Kier alpha value is -1.68. The molecule has 2 aliphatic heterocycles. The standard InChI is InChI=1S/C17H23ClN4O4S/c1-3-6-21-17-14(9-15(18)10-16(17)22(23)24)12-20(27(21,25)26)11-13-4-7-19(2)8-5-13/h3,9-10,13H,1,4-8,11-12H2,2H3. The van der Waals surface area contributed by atoms with Gasteiger partial charge in [-0.25, -0.2) is 4.31 Å². The van der Waals surface area contributed by atoms with E-state index in [-0.39, 0.29) is 35.4 Å². The van der Waals surface area contributed by atoms with Gasteiger partial charge in [-0.2, -0.15) is 12.7 Å². The molecule has 1 aromatic rings. The van der Waals surface area contributed by atoms with Crippen LogP contribution in [0.1, 0.15) is 18.4 Å². The van der Waals surface area contributed by atoms with Crippen LogP contribution in [-0.4, -0.2) is 55.8 Å². The van der Waals surface area contributed by atoms with Crippen molar-refractivity contribution in [1.82, 2.24) is 9.21 Å². The van der Waals surface area contributed by atoms with E-state index in [9.17, 15) is 18.5 Å². The van der Waals surface area contributed by atoms with Crippen molar-refractivity contribution in [3.63, 3.8) is 0 Å². The molecule has 10 heteroatoms. The van der Waals surface area contributed by atoms with Crippen LogP contribution in [-0.2, 0) is 16.8 Å². The van der Waals surface area contributed by atoms with Crippen LogP contribution in [0.5, 0.6) is 0 Å². The number of rotatable bonds is 5. The number of halogens is 1. The molecule has 3 rings (SSSR count). The van der Waals surface area contributed by atoms with Crippen LogP contribution in [0.25, 0.3) is 0 Å². The van der Waals surface area contributed by atoms with E-state index in [1.165, 1.54) is 16.4 Å². The third-order valence-corrected chi connectivity index (χ3v) is 7.16. The quantitative estimate of drug-likeness (QED) is 0.420. The molecule has 1 fully saturated rings. The Morgan fingerprint density at radius 2 is 2.04 bits per heavy atom. The zero-order chi connectivity index (χ0) is 19.8. The lowest BCUT2D eigenvalue weighted by Crippen LogP contribution is -2.50. The number of nitro groups is 1. The van der Waals surface area contributed by atoms with Crippen LogP contribution in [0.2, 0.25) is 5.02 Å². The van der Waals surface area contributed by atoms with E-state index < -0.39 is 15.1 Å². The molecule has 0 unspecified atom stereocenters. The van der Waals surface area contributed by atoms with Gasteiger partial charge in [0.25, 0.3) is 5.69 Å². The SMILES string of the molecule is C=CCN1c2c(cc(Cl)cc2[N+](=O)[O-])CN(CC2CCN(C)CC2)S1(=O)=O. The van der Waals surface area contributed by atoms with Gasteiger partial charge in [0, 0.05) is 29.7 Å². The molecule has 2 heterocycles.